The highest BCUT2D eigenvalue weighted by atomic mass is 32.2. The number of hydrogen-bond acceptors (Lipinski definition) is 7. The number of amides is 2. The maximum absolute atomic E-state index is 12.8. The minimum absolute atomic E-state index is 0.187. The molecule has 0 unspecified atom stereocenters. The molecule has 0 atom stereocenters. The molecule has 1 aromatic carbocycles. The van der Waals surface area contributed by atoms with E-state index < -0.39 is 21.7 Å². The molecule has 1 N–H and O–H groups in total. The molecular weight excluding hydrogens is 436 g/mol. The van der Waals surface area contributed by atoms with Crippen molar-refractivity contribution in [3.05, 3.63) is 41.6 Å². The third kappa shape index (κ3) is 4.38. The van der Waals surface area contributed by atoms with Gasteiger partial charge in [0.1, 0.15) is 5.82 Å². The number of likely N-dealkylation sites (tertiary alicyclic amines) is 1. The highest BCUT2D eigenvalue weighted by molar-refractivity contribution is 7.90. The third-order valence-corrected chi connectivity index (χ3v) is 7.06. The Labute approximate surface area is 185 Å². The number of esters is 1. The quantitative estimate of drug-likeness (QED) is 0.533. The SMILES string of the molecule is CCOC(=O)C1CCN(C(=O)C(=O)Nc2c3c(nn2-c2ccccc2)CS(=O)(=O)C3)CC1. The topological polar surface area (TPSA) is 128 Å². The van der Waals surface area contributed by atoms with E-state index in [1.165, 1.54) is 9.58 Å². The van der Waals surface area contributed by atoms with Gasteiger partial charge in [-0.1, -0.05) is 18.2 Å². The number of piperidine rings is 1. The molecular formula is C21H24N4O6S. The van der Waals surface area contributed by atoms with Crippen LogP contribution in [-0.4, -0.2) is 60.6 Å². The Morgan fingerprint density at radius 1 is 1.12 bits per heavy atom. The third-order valence-electron chi connectivity index (χ3n) is 5.62. The van der Waals surface area contributed by atoms with E-state index in [4.69, 9.17) is 4.74 Å². The van der Waals surface area contributed by atoms with Crippen LogP contribution in [0.3, 0.4) is 0 Å². The molecule has 0 spiro atoms. The van der Waals surface area contributed by atoms with Gasteiger partial charge in [-0.3, -0.25) is 14.4 Å². The lowest BCUT2D eigenvalue weighted by Crippen LogP contribution is -2.45. The lowest BCUT2D eigenvalue weighted by atomic mass is 9.97. The zero-order chi connectivity index (χ0) is 22.9. The van der Waals surface area contributed by atoms with Crippen LogP contribution in [0, 0.1) is 5.92 Å². The van der Waals surface area contributed by atoms with Crippen molar-refractivity contribution in [2.75, 3.05) is 25.0 Å². The summed E-state index contributed by atoms with van der Waals surface area (Å²) < 4.78 is 30.6. The Morgan fingerprint density at radius 2 is 1.81 bits per heavy atom. The van der Waals surface area contributed by atoms with Gasteiger partial charge in [-0.2, -0.15) is 5.10 Å². The summed E-state index contributed by atoms with van der Waals surface area (Å²) in [6, 6.07) is 8.96. The van der Waals surface area contributed by atoms with E-state index in [0.717, 1.165) is 0 Å². The van der Waals surface area contributed by atoms with E-state index in [-0.39, 0.29) is 42.3 Å². The largest absolute Gasteiger partial charge is 0.466 e. The number of para-hydroxylation sites is 1. The molecule has 2 amide bonds. The van der Waals surface area contributed by atoms with Crippen LogP contribution in [-0.2, 0) is 40.5 Å². The molecule has 2 aromatic rings. The summed E-state index contributed by atoms with van der Waals surface area (Å²) in [5.74, 6) is -2.44. The fourth-order valence-electron chi connectivity index (χ4n) is 4.01. The van der Waals surface area contributed by atoms with Crippen LogP contribution in [0.15, 0.2) is 30.3 Å². The van der Waals surface area contributed by atoms with Crippen molar-refractivity contribution in [3.63, 3.8) is 0 Å². The van der Waals surface area contributed by atoms with Crippen molar-refractivity contribution in [1.82, 2.24) is 14.7 Å². The Bertz CT molecular complexity index is 1150. The number of benzene rings is 1. The van der Waals surface area contributed by atoms with Crippen molar-refractivity contribution in [3.8, 4) is 5.69 Å². The van der Waals surface area contributed by atoms with Gasteiger partial charge in [0.2, 0.25) is 0 Å². The maximum atomic E-state index is 12.8. The summed E-state index contributed by atoms with van der Waals surface area (Å²) in [5.41, 5.74) is 1.40. The number of aromatic nitrogens is 2. The van der Waals surface area contributed by atoms with Gasteiger partial charge in [0.25, 0.3) is 0 Å². The molecule has 0 aliphatic carbocycles. The normalized spacial score (nSPS) is 17.6. The average molecular weight is 461 g/mol. The van der Waals surface area contributed by atoms with Gasteiger partial charge in [0.05, 0.1) is 35.4 Å². The summed E-state index contributed by atoms with van der Waals surface area (Å²) in [6.07, 6.45) is 0.848. The van der Waals surface area contributed by atoms with Crippen molar-refractivity contribution in [1.29, 1.82) is 0 Å². The summed E-state index contributed by atoms with van der Waals surface area (Å²) in [7, 11) is -3.35. The summed E-state index contributed by atoms with van der Waals surface area (Å²) in [5, 5.41) is 6.97. The molecule has 0 saturated carbocycles. The molecule has 32 heavy (non-hydrogen) atoms. The van der Waals surface area contributed by atoms with Gasteiger partial charge in [-0.25, -0.2) is 13.1 Å². The second kappa shape index (κ2) is 8.73. The number of ether oxygens (including phenoxy) is 1. The highest BCUT2D eigenvalue weighted by Gasteiger charge is 2.35. The summed E-state index contributed by atoms with van der Waals surface area (Å²) >= 11 is 0. The fraction of sp³-hybridized carbons (Fsp3) is 0.429. The first-order valence-corrected chi connectivity index (χ1v) is 12.2. The van der Waals surface area contributed by atoms with E-state index in [2.05, 4.69) is 10.4 Å². The van der Waals surface area contributed by atoms with E-state index in [1.807, 2.05) is 6.07 Å². The molecule has 3 heterocycles. The van der Waals surface area contributed by atoms with Crippen LogP contribution >= 0.6 is 0 Å². The van der Waals surface area contributed by atoms with E-state index in [9.17, 15) is 22.8 Å². The number of nitrogens with one attached hydrogen (secondary N) is 1. The molecule has 2 aliphatic rings. The van der Waals surface area contributed by atoms with Crippen LogP contribution in [0.5, 0.6) is 0 Å². The Hall–Kier alpha value is -3.21. The van der Waals surface area contributed by atoms with Gasteiger partial charge >= 0.3 is 17.8 Å². The molecule has 0 radical (unpaired) electrons. The molecule has 0 bridgehead atoms. The molecule has 4 rings (SSSR count). The van der Waals surface area contributed by atoms with Crippen molar-refractivity contribution in [2.45, 2.75) is 31.3 Å². The standard InChI is InChI=1S/C21H24N4O6S/c1-2-31-21(28)14-8-10-24(11-9-14)20(27)19(26)22-18-16-12-32(29,30)13-17(16)23-25(18)15-6-4-3-5-7-15/h3-7,14H,2,8-13H2,1H3,(H,22,26). The number of nitrogens with zero attached hydrogens (tertiary/aromatic N) is 3. The number of carbonyl (C=O) groups is 3. The van der Waals surface area contributed by atoms with Gasteiger partial charge in [-0.15, -0.1) is 0 Å². The van der Waals surface area contributed by atoms with Gasteiger partial charge < -0.3 is 15.0 Å². The monoisotopic (exact) mass is 460 g/mol. The molecule has 11 heteroatoms. The molecule has 10 nitrogen and oxygen atoms in total. The predicted molar refractivity (Wildman–Crippen MR) is 114 cm³/mol. The van der Waals surface area contributed by atoms with Gasteiger partial charge in [0, 0.05) is 18.7 Å². The number of carbonyl (C=O) groups excluding carboxylic acids is 3. The van der Waals surface area contributed by atoms with Gasteiger partial charge in [0.15, 0.2) is 9.84 Å². The molecule has 1 fully saturated rings. The van der Waals surface area contributed by atoms with E-state index in [1.54, 1.807) is 31.2 Å². The number of anilines is 1. The number of sulfone groups is 1. The Kier molecular flexibility index (Phi) is 6.00. The fourth-order valence-corrected chi connectivity index (χ4v) is 5.50. The minimum Gasteiger partial charge on any atom is -0.466 e. The van der Waals surface area contributed by atoms with Crippen LogP contribution in [0.1, 0.15) is 31.0 Å². The van der Waals surface area contributed by atoms with Crippen LogP contribution in [0.2, 0.25) is 0 Å². The first kappa shape index (κ1) is 22.0. The second-order valence-corrected chi connectivity index (χ2v) is 9.89. The first-order chi connectivity index (χ1) is 15.3. The smallest absolute Gasteiger partial charge is 0.315 e. The lowest BCUT2D eigenvalue weighted by Gasteiger charge is -2.30. The summed E-state index contributed by atoms with van der Waals surface area (Å²) in [6.45, 7) is 2.57. The first-order valence-electron chi connectivity index (χ1n) is 10.4. The molecule has 2 aliphatic heterocycles. The van der Waals surface area contributed by atoms with E-state index >= 15 is 0 Å². The van der Waals surface area contributed by atoms with Gasteiger partial charge in [-0.05, 0) is 31.9 Å². The summed E-state index contributed by atoms with van der Waals surface area (Å²) in [4.78, 5) is 38.8. The second-order valence-electron chi connectivity index (χ2n) is 7.83. The van der Waals surface area contributed by atoms with Crippen LogP contribution < -0.4 is 5.32 Å². The average Bonchev–Trinajstić information content (AvgIpc) is 3.26. The maximum Gasteiger partial charge on any atom is 0.315 e. The zero-order valence-electron chi connectivity index (χ0n) is 17.6. The number of hydrogen-bond donors (Lipinski definition) is 1. The number of rotatable bonds is 4. The van der Waals surface area contributed by atoms with Crippen molar-refractivity contribution < 1.29 is 27.5 Å². The van der Waals surface area contributed by atoms with Crippen molar-refractivity contribution >= 4 is 33.4 Å². The van der Waals surface area contributed by atoms with Crippen LogP contribution in [0.25, 0.3) is 5.69 Å². The minimum atomic E-state index is -3.35. The lowest BCUT2D eigenvalue weighted by molar-refractivity contribution is -0.152. The highest BCUT2D eigenvalue weighted by Crippen LogP contribution is 2.33. The number of fused-ring (bicyclic) bond motifs is 1. The molecule has 1 saturated heterocycles. The predicted octanol–water partition coefficient (Wildman–Crippen LogP) is 1.04. The molecule has 170 valence electrons. The van der Waals surface area contributed by atoms with Crippen LogP contribution in [0.4, 0.5) is 5.82 Å². The van der Waals surface area contributed by atoms with Crippen molar-refractivity contribution in [2.24, 2.45) is 5.92 Å². The Morgan fingerprint density at radius 3 is 2.47 bits per heavy atom. The zero-order valence-corrected chi connectivity index (χ0v) is 18.4. The molecule has 1 aromatic heterocycles. The van der Waals surface area contributed by atoms with E-state index in [0.29, 0.717) is 36.4 Å². The Balaban J connectivity index is 1.51.